The van der Waals surface area contributed by atoms with Crippen molar-refractivity contribution in [3.63, 3.8) is 0 Å². The van der Waals surface area contributed by atoms with Gasteiger partial charge in [-0.05, 0) is 48.2 Å². The van der Waals surface area contributed by atoms with Crippen molar-refractivity contribution in [2.75, 3.05) is 0 Å². The molecule has 0 bridgehead atoms. The van der Waals surface area contributed by atoms with Gasteiger partial charge in [0.25, 0.3) is 0 Å². The van der Waals surface area contributed by atoms with Crippen LogP contribution in [0.5, 0.6) is 0 Å². The third-order valence-corrected chi connectivity index (χ3v) is 6.44. The van der Waals surface area contributed by atoms with Crippen molar-refractivity contribution < 1.29 is 31.4 Å². The third kappa shape index (κ3) is 6.33. The van der Waals surface area contributed by atoms with Crippen LogP contribution in [0.4, 0.5) is 0 Å². The topological polar surface area (TPSA) is 51.8 Å². The zero-order valence-electron chi connectivity index (χ0n) is 28.4. The van der Waals surface area contributed by atoms with Crippen molar-refractivity contribution in [2.24, 2.45) is 5.41 Å². The summed E-state index contributed by atoms with van der Waals surface area (Å²) in [6, 6.07) is 34.2. The number of fused-ring (bicyclic) bond motifs is 5. The van der Waals surface area contributed by atoms with Gasteiger partial charge in [0.05, 0.1) is 5.58 Å². The Morgan fingerprint density at radius 2 is 1.62 bits per heavy atom. The van der Waals surface area contributed by atoms with E-state index in [1.54, 1.807) is 36.7 Å². The molecule has 5 heteroatoms. The Hall–Kier alpha value is -4.18. The Morgan fingerprint density at radius 1 is 0.810 bits per heavy atom. The Labute approximate surface area is 267 Å². The van der Waals surface area contributed by atoms with E-state index in [0.29, 0.717) is 33.5 Å². The molecule has 4 heterocycles. The molecule has 0 amide bonds. The number of benzene rings is 3. The summed E-state index contributed by atoms with van der Waals surface area (Å²) in [6.45, 7) is 3.28. The molecule has 1 radical (unpaired) electrons. The predicted octanol–water partition coefficient (Wildman–Crippen LogP) is 9.44. The van der Waals surface area contributed by atoms with Crippen LogP contribution in [0.15, 0.2) is 108 Å². The predicted molar refractivity (Wildman–Crippen MR) is 167 cm³/mol. The van der Waals surface area contributed by atoms with Crippen LogP contribution in [0.2, 0.25) is 0 Å². The van der Waals surface area contributed by atoms with Gasteiger partial charge in [-0.2, -0.15) is 0 Å². The van der Waals surface area contributed by atoms with E-state index in [1.165, 1.54) is 6.07 Å². The fourth-order valence-electron chi connectivity index (χ4n) is 4.73. The van der Waals surface area contributed by atoms with Gasteiger partial charge in [0, 0.05) is 55.8 Å². The molecular weight excluding hydrogens is 695 g/mol. The summed E-state index contributed by atoms with van der Waals surface area (Å²) in [5.41, 5.74) is 4.64. The summed E-state index contributed by atoms with van der Waals surface area (Å²) in [5.74, 6) is 0. The number of pyridine rings is 3. The number of nitrogens with zero attached hydrogens (tertiary/aromatic N) is 3. The number of rotatable bonds is 3. The largest absolute Gasteiger partial charge is 0.498 e. The average Bonchev–Trinajstić information content (AvgIpc) is 3.44. The molecular formula is C37H31IrN3O-2. The zero-order chi connectivity index (χ0) is 32.7. The molecule has 0 saturated carbocycles. The van der Waals surface area contributed by atoms with Gasteiger partial charge in [0.15, 0.2) is 0 Å². The van der Waals surface area contributed by atoms with Gasteiger partial charge in [-0.25, -0.2) is 4.98 Å². The van der Waals surface area contributed by atoms with Crippen molar-refractivity contribution >= 4 is 32.8 Å². The number of hydrogen-bond acceptors (Lipinski definition) is 4. The molecule has 4 aromatic heterocycles. The van der Waals surface area contributed by atoms with Gasteiger partial charge in [0.1, 0.15) is 11.1 Å². The summed E-state index contributed by atoms with van der Waals surface area (Å²) in [7, 11) is 0. The summed E-state index contributed by atoms with van der Waals surface area (Å²) in [4.78, 5) is 13.1. The van der Waals surface area contributed by atoms with Crippen LogP contribution in [0.1, 0.15) is 38.9 Å². The molecule has 7 aromatic rings. The van der Waals surface area contributed by atoms with Crippen molar-refractivity contribution in [3.05, 3.63) is 127 Å². The van der Waals surface area contributed by atoms with Crippen LogP contribution in [0.3, 0.4) is 0 Å². The van der Waals surface area contributed by atoms with Crippen molar-refractivity contribution in [3.8, 4) is 22.5 Å². The second kappa shape index (κ2) is 12.4. The van der Waals surface area contributed by atoms with Crippen LogP contribution in [0.25, 0.3) is 55.4 Å². The van der Waals surface area contributed by atoms with Crippen molar-refractivity contribution in [1.29, 1.82) is 0 Å². The van der Waals surface area contributed by atoms with E-state index in [9.17, 15) is 0 Å². The molecule has 0 atom stereocenters. The van der Waals surface area contributed by atoms with E-state index in [4.69, 9.17) is 11.3 Å². The number of hydrogen-bond donors (Lipinski definition) is 0. The molecule has 0 saturated heterocycles. The Kier molecular flexibility index (Phi) is 6.88. The maximum absolute atomic E-state index is 8.64. The van der Waals surface area contributed by atoms with Crippen molar-refractivity contribution in [2.45, 2.75) is 34.0 Å². The van der Waals surface area contributed by atoms with Crippen LogP contribution >= 0.6 is 0 Å². The average molecular weight is 731 g/mol. The van der Waals surface area contributed by atoms with Gasteiger partial charge >= 0.3 is 0 Å². The third-order valence-electron chi connectivity index (χ3n) is 6.44. The zero-order valence-corrected chi connectivity index (χ0v) is 25.8. The maximum atomic E-state index is 8.64. The van der Waals surface area contributed by atoms with Gasteiger partial charge < -0.3 is 14.4 Å². The fraction of sp³-hybridized carbons (Fsp3) is 0.162. The minimum Gasteiger partial charge on any atom is -0.498 e. The van der Waals surface area contributed by atoms with E-state index < -0.39 is 18.6 Å². The normalized spacial score (nSPS) is 13.6. The molecule has 0 unspecified atom stereocenters. The molecule has 211 valence electrons. The number of furan rings is 1. The standard InChI is InChI=1S/C26H23N2O.C11H8N.Ir/c1-16-8-9-18-10-11-20-19-6-5-7-21(24(19)29-25(20)23(18)28-16)22-14-17(12-13-27-22)15-26(2,3)4;1-2-6-10(7-3-1)11-8-4-5-9-12-11;/h5-6,8-14H,15H2,1-4H3;1-6,8-9H;/q2*-1;/i1D3,15D2;;. The van der Waals surface area contributed by atoms with Crippen LogP contribution in [0, 0.1) is 24.4 Å². The number of aryl methyl sites for hydroxylation is 1. The molecule has 7 rings (SSSR count). The van der Waals surface area contributed by atoms with Gasteiger partial charge in [-0.3, -0.25) is 0 Å². The summed E-state index contributed by atoms with van der Waals surface area (Å²) < 4.78 is 46.7. The van der Waals surface area contributed by atoms with E-state index in [2.05, 4.69) is 27.1 Å². The van der Waals surface area contributed by atoms with Crippen LogP contribution < -0.4 is 0 Å². The van der Waals surface area contributed by atoms with Crippen LogP contribution in [-0.4, -0.2) is 15.0 Å². The monoisotopic (exact) mass is 731 g/mol. The van der Waals surface area contributed by atoms with Crippen molar-refractivity contribution in [1.82, 2.24) is 15.0 Å². The Morgan fingerprint density at radius 3 is 2.38 bits per heavy atom. The fourth-order valence-corrected chi connectivity index (χ4v) is 4.73. The summed E-state index contributed by atoms with van der Waals surface area (Å²) >= 11 is 0. The molecule has 0 spiro atoms. The minimum absolute atomic E-state index is 0. The molecule has 4 nitrogen and oxygen atoms in total. The van der Waals surface area contributed by atoms with E-state index >= 15 is 0 Å². The summed E-state index contributed by atoms with van der Waals surface area (Å²) in [5, 5.41) is 2.43. The molecule has 0 fully saturated rings. The van der Waals surface area contributed by atoms with Crippen LogP contribution in [-0.2, 0) is 26.5 Å². The molecule has 3 aromatic carbocycles. The smallest absolute Gasteiger partial charge is 0.147 e. The summed E-state index contributed by atoms with van der Waals surface area (Å²) in [6.07, 6.45) is 1.82. The van der Waals surface area contributed by atoms with E-state index in [-0.39, 0.29) is 25.8 Å². The first-order chi connectivity index (χ1) is 21.8. The van der Waals surface area contributed by atoms with Gasteiger partial charge in [0.2, 0.25) is 0 Å². The van der Waals surface area contributed by atoms with Gasteiger partial charge in [-0.15, -0.1) is 54.1 Å². The quantitative estimate of drug-likeness (QED) is 0.170. The minimum atomic E-state index is -2.32. The first-order valence-corrected chi connectivity index (χ1v) is 13.4. The van der Waals surface area contributed by atoms with Gasteiger partial charge in [-0.1, -0.05) is 73.7 Å². The second-order valence-corrected chi connectivity index (χ2v) is 10.7. The molecule has 0 aliphatic rings. The first kappa shape index (κ1) is 23.4. The van der Waals surface area contributed by atoms with E-state index in [0.717, 1.165) is 27.4 Å². The SMILES string of the molecule is [2H]C([2H])([2H])c1ccc2ccc3c4cc[c-]c(-c5cc(C([2H])([2H])C(C)(C)C)ccn5)c4oc3c2n1.[Ir].[c-]1ccccc1-c1ccccn1. The maximum Gasteiger partial charge on any atom is 0.147 e. The Bertz CT molecular complexity index is 2120. The molecule has 42 heavy (non-hydrogen) atoms. The molecule has 0 aliphatic heterocycles. The first-order valence-electron chi connectivity index (χ1n) is 15.9. The number of aromatic nitrogens is 3. The molecule has 0 aliphatic carbocycles. The van der Waals surface area contributed by atoms with E-state index in [1.807, 2.05) is 81.4 Å². The molecule has 0 N–H and O–H groups in total. The Balaban J connectivity index is 0.000000280. The second-order valence-electron chi connectivity index (χ2n) is 10.7.